The summed E-state index contributed by atoms with van der Waals surface area (Å²) in [5, 5.41) is 3.59. The van der Waals surface area contributed by atoms with Crippen LogP contribution < -0.4 is 5.32 Å². The van der Waals surface area contributed by atoms with Crippen molar-refractivity contribution in [1.82, 2.24) is 10.2 Å². The van der Waals surface area contributed by atoms with Gasteiger partial charge in [0.25, 0.3) is 0 Å². The quantitative estimate of drug-likeness (QED) is 0.773. The molecule has 1 N–H and O–H groups in total. The van der Waals surface area contributed by atoms with Gasteiger partial charge in [-0.3, -0.25) is 4.79 Å². The van der Waals surface area contributed by atoms with Gasteiger partial charge in [0.2, 0.25) is 5.91 Å². The Hall–Kier alpha value is -0.570. The van der Waals surface area contributed by atoms with Gasteiger partial charge < -0.3 is 10.2 Å². The zero-order valence-electron chi connectivity index (χ0n) is 10.5. The van der Waals surface area contributed by atoms with Crippen molar-refractivity contribution in [3.63, 3.8) is 0 Å². The van der Waals surface area contributed by atoms with Crippen molar-refractivity contribution in [2.45, 2.75) is 45.6 Å². The maximum Gasteiger partial charge on any atom is 0.225 e. The Bertz CT molecular complexity index is 238. The predicted octanol–water partition coefficient (Wildman–Crippen LogP) is 1.63. The van der Waals surface area contributed by atoms with Gasteiger partial charge in [-0.25, -0.2) is 0 Å². The SMILES string of the molecule is CC(C)C(=O)N1CCC(C2CCCN2)CC1. The molecule has 0 radical (unpaired) electrons. The van der Waals surface area contributed by atoms with Crippen LogP contribution in [0, 0.1) is 11.8 Å². The Kier molecular flexibility index (Phi) is 3.85. The number of rotatable bonds is 2. The summed E-state index contributed by atoms with van der Waals surface area (Å²) in [5.74, 6) is 1.29. The number of nitrogens with zero attached hydrogens (tertiary/aromatic N) is 1. The van der Waals surface area contributed by atoms with Crippen LogP contribution in [0.25, 0.3) is 0 Å². The van der Waals surface area contributed by atoms with Crippen molar-refractivity contribution < 1.29 is 4.79 Å². The van der Waals surface area contributed by atoms with Gasteiger partial charge in [-0.05, 0) is 38.1 Å². The van der Waals surface area contributed by atoms with Crippen molar-refractivity contribution >= 4 is 5.91 Å². The van der Waals surface area contributed by atoms with Crippen LogP contribution in [0.3, 0.4) is 0 Å². The minimum Gasteiger partial charge on any atom is -0.342 e. The molecular weight excluding hydrogens is 200 g/mol. The van der Waals surface area contributed by atoms with E-state index >= 15 is 0 Å². The highest BCUT2D eigenvalue weighted by Crippen LogP contribution is 2.26. The molecule has 2 heterocycles. The zero-order valence-corrected chi connectivity index (χ0v) is 10.5. The summed E-state index contributed by atoms with van der Waals surface area (Å²) in [4.78, 5) is 13.9. The molecule has 3 nitrogen and oxygen atoms in total. The second-order valence-electron chi connectivity index (χ2n) is 5.52. The minimum absolute atomic E-state index is 0.154. The normalized spacial score (nSPS) is 27.7. The highest BCUT2D eigenvalue weighted by Gasteiger charge is 2.30. The molecular formula is C13H24N2O. The molecule has 1 unspecified atom stereocenters. The minimum atomic E-state index is 0.154. The predicted molar refractivity (Wildman–Crippen MR) is 65.2 cm³/mol. The van der Waals surface area contributed by atoms with E-state index in [-0.39, 0.29) is 5.92 Å². The fourth-order valence-electron chi connectivity index (χ4n) is 3.00. The second-order valence-corrected chi connectivity index (χ2v) is 5.52. The number of hydrogen-bond acceptors (Lipinski definition) is 2. The first-order chi connectivity index (χ1) is 7.68. The van der Waals surface area contributed by atoms with E-state index in [2.05, 4.69) is 10.2 Å². The first-order valence-electron chi connectivity index (χ1n) is 6.70. The molecule has 3 heteroatoms. The third kappa shape index (κ3) is 2.57. The number of amides is 1. The largest absolute Gasteiger partial charge is 0.342 e. The fourth-order valence-corrected chi connectivity index (χ4v) is 3.00. The average molecular weight is 224 g/mol. The third-order valence-corrected chi connectivity index (χ3v) is 4.01. The molecule has 2 aliphatic rings. The summed E-state index contributed by atoms with van der Waals surface area (Å²) in [6.07, 6.45) is 5.05. The monoisotopic (exact) mass is 224 g/mol. The second kappa shape index (κ2) is 5.17. The highest BCUT2D eigenvalue weighted by atomic mass is 16.2. The molecule has 0 aromatic heterocycles. The van der Waals surface area contributed by atoms with E-state index in [0.29, 0.717) is 5.91 Å². The van der Waals surface area contributed by atoms with Gasteiger partial charge in [0.05, 0.1) is 0 Å². The topological polar surface area (TPSA) is 32.3 Å². The number of nitrogens with one attached hydrogen (secondary N) is 1. The van der Waals surface area contributed by atoms with Crippen LogP contribution in [0.2, 0.25) is 0 Å². The Morgan fingerprint density at radius 1 is 1.25 bits per heavy atom. The van der Waals surface area contributed by atoms with Crippen molar-refractivity contribution in [3.8, 4) is 0 Å². The summed E-state index contributed by atoms with van der Waals surface area (Å²) in [7, 11) is 0. The van der Waals surface area contributed by atoms with E-state index in [1.165, 1.54) is 32.2 Å². The van der Waals surface area contributed by atoms with Crippen LogP contribution >= 0.6 is 0 Å². The maximum absolute atomic E-state index is 11.8. The lowest BCUT2D eigenvalue weighted by atomic mass is 9.88. The molecule has 16 heavy (non-hydrogen) atoms. The van der Waals surface area contributed by atoms with E-state index in [0.717, 1.165) is 25.0 Å². The van der Waals surface area contributed by atoms with Gasteiger partial charge in [-0.1, -0.05) is 13.8 Å². The fraction of sp³-hybridized carbons (Fsp3) is 0.923. The third-order valence-electron chi connectivity index (χ3n) is 4.01. The van der Waals surface area contributed by atoms with E-state index in [1.807, 2.05) is 13.8 Å². The van der Waals surface area contributed by atoms with Gasteiger partial charge in [0.1, 0.15) is 0 Å². The van der Waals surface area contributed by atoms with E-state index in [4.69, 9.17) is 0 Å². The van der Waals surface area contributed by atoms with Gasteiger partial charge in [0, 0.05) is 25.0 Å². The lowest BCUT2D eigenvalue weighted by molar-refractivity contribution is -0.136. The maximum atomic E-state index is 11.8. The number of carbonyl (C=O) groups is 1. The summed E-state index contributed by atoms with van der Waals surface area (Å²) in [6.45, 7) is 7.12. The summed E-state index contributed by atoms with van der Waals surface area (Å²) in [6, 6.07) is 0.733. The van der Waals surface area contributed by atoms with Gasteiger partial charge in [-0.2, -0.15) is 0 Å². The molecule has 2 aliphatic heterocycles. The number of likely N-dealkylation sites (tertiary alicyclic amines) is 1. The van der Waals surface area contributed by atoms with Crippen molar-refractivity contribution in [1.29, 1.82) is 0 Å². The van der Waals surface area contributed by atoms with E-state index < -0.39 is 0 Å². The van der Waals surface area contributed by atoms with Gasteiger partial charge in [-0.15, -0.1) is 0 Å². The summed E-state index contributed by atoms with van der Waals surface area (Å²) in [5.41, 5.74) is 0. The molecule has 1 amide bonds. The zero-order chi connectivity index (χ0) is 11.5. The Labute approximate surface area is 98.6 Å². The van der Waals surface area contributed by atoms with Crippen molar-refractivity contribution in [2.75, 3.05) is 19.6 Å². The van der Waals surface area contributed by atoms with Crippen LogP contribution in [0.1, 0.15) is 39.5 Å². The molecule has 92 valence electrons. The molecule has 0 aliphatic carbocycles. The number of hydrogen-bond donors (Lipinski definition) is 1. The summed E-state index contributed by atoms with van der Waals surface area (Å²) >= 11 is 0. The Balaban J connectivity index is 1.80. The van der Waals surface area contributed by atoms with Crippen LogP contribution in [0.15, 0.2) is 0 Å². The molecule has 0 spiro atoms. The molecule has 2 rings (SSSR count). The molecule has 0 aromatic carbocycles. The first-order valence-corrected chi connectivity index (χ1v) is 6.70. The van der Waals surface area contributed by atoms with Crippen molar-refractivity contribution in [3.05, 3.63) is 0 Å². The van der Waals surface area contributed by atoms with Crippen LogP contribution in [0.4, 0.5) is 0 Å². The van der Waals surface area contributed by atoms with Crippen LogP contribution in [-0.4, -0.2) is 36.5 Å². The number of piperidine rings is 1. The molecule has 0 aromatic rings. The van der Waals surface area contributed by atoms with Gasteiger partial charge >= 0.3 is 0 Å². The molecule has 2 saturated heterocycles. The van der Waals surface area contributed by atoms with Gasteiger partial charge in [0.15, 0.2) is 0 Å². The Morgan fingerprint density at radius 3 is 2.44 bits per heavy atom. The van der Waals surface area contributed by atoms with Crippen LogP contribution in [0.5, 0.6) is 0 Å². The average Bonchev–Trinajstić information content (AvgIpc) is 2.81. The highest BCUT2D eigenvalue weighted by molar-refractivity contribution is 5.78. The molecule has 0 bridgehead atoms. The number of carbonyl (C=O) groups excluding carboxylic acids is 1. The smallest absolute Gasteiger partial charge is 0.225 e. The molecule has 1 atom stereocenters. The first kappa shape index (κ1) is 11.9. The van der Waals surface area contributed by atoms with E-state index in [9.17, 15) is 4.79 Å². The lowest BCUT2D eigenvalue weighted by Crippen LogP contribution is -2.44. The van der Waals surface area contributed by atoms with Crippen molar-refractivity contribution in [2.24, 2.45) is 11.8 Å². The summed E-state index contributed by atoms with van der Waals surface area (Å²) < 4.78 is 0. The Morgan fingerprint density at radius 2 is 1.94 bits per heavy atom. The lowest BCUT2D eigenvalue weighted by Gasteiger charge is -2.35. The molecule has 0 saturated carbocycles. The van der Waals surface area contributed by atoms with Crippen LogP contribution in [-0.2, 0) is 4.79 Å². The standard InChI is InChI=1S/C13H24N2O/c1-10(2)13(16)15-8-5-11(6-9-15)12-4-3-7-14-12/h10-12,14H,3-9H2,1-2H3. The molecule has 2 fully saturated rings. The van der Waals surface area contributed by atoms with E-state index in [1.54, 1.807) is 0 Å².